The van der Waals surface area contributed by atoms with Crippen LogP contribution in [0.3, 0.4) is 0 Å². The van der Waals surface area contributed by atoms with Gasteiger partial charge in [-0.2, -0.15) is 9.35 Å². The van der Waals surface area contributed by atoms with Crippen LogP contribution in [0.5, 0.6) is 0 Å². The Bertz CT molecular complexity index is 441. The fourth-order valence-corrected chi connectivity index (χ4v) is 3.92. The van der Waals surface area contributed by atoms with Gasteiger partial charge in [0.25, 0.3) is 0 Å². The summed E-state index contributed by atoms with van der Waals surface area (Å²) in [5.41, 5.74) is 6.31. The lowest BCUT2D eigenvalue weighted by molar-refractivity contribution is -0.0592. The van der Waals surface area contributed by atoms with Crippen LogP contribution in [-0.2, 0) is 15.4 Å². The van der Waals surface area contributed by atoms with Gasteiger partial charge in [-0.1, -0.05) is 32.3 Å². The molecule has 0 radical (unpaired) electrons. The Labute approximate surface area is 167 Å². The monoisotopic (exact) mass is 404 g/mol. The number of thiol groups is 1. The first-order valence-corrected chi connectivity index (χ1v) is 11.5. The molecule has 6 nitrogen and oxygen atoms in total. The minimum Gasteiger partial charge on any atom is -0.405 e. The fraction of sp³-hybridized carbons (Fsp3) is 0.778. The first-order chi connectivity index (χ1) is 12.7. The standard InChI is InChI=1S/C18H36N4O2S2/c1-2-10-17(11-12-19)21-18(25)20-13-6-3-4-9-16-26(23)24-22-14-7-5-8-15-22/h10-12,18,20-21,25H,2-9,13-16,19H2,1H3/b12-11-,17-10+. The molecule has 0 amide bonds. The van der Waals surface area contributed by atoms with E-state index in [-0.39, 0.29) is 5.50 Å². The van der Waals surface area contributed by atoms with Crippen LogP contribution >= 0.6 is 12.6 Å². The molecule has 1 aliphatic rings. The van der Waals surface area contributed by atoms with Gasteiger partial charge in [0, 0.05) is 18.8 Å². The maximum absolute atomic E-state index is 11.9. The van der Waals surface area contributed by atoms with Gasteiger partial charge < -0.3 is 11.1 Å². The minimum absolute atomic E-state index is 0.102. The molecule has 26 heavy (non-hydrogen) atoms. The second-order valence-corrected chi connectivity index (χ2v) is 8.10. The molecule has 1 saturated heterocycles. The van der Waals surface area contributed by atoms with E-state index in [2.05, 4.69) is 36.3 Å². The molecule has 1 heterocycles. The van der Waals surface area contributed by atoms with Crippen molar-refractivity contribution < 1.29 is 8.49 Å². The molecular formula is C18H36N4O2S2. The van der Waals surface area contributed by atoms with Crippen molar-refractivity contribution in [3.63, 3.8) is 0 Å². The maximum atomic E-state index is 11.9. The number of unbranched alkanes of at least 4 members (excludes halogenated alkanes) is 3. The zero-order chi connectivity index (χ0) is 19.0. The summed E-state index contributed by atoms with van der Waals surface area (Å²) in [4.78, 5) is 0. The molecule has 1 rings (SSSR count). The Balaban J connectivity index is 1.99. The highest BCUT2D eigenvalue weighted by Gasteiger charge is 2.13. The SMILES string of the molecule is CC/C=C(\C=C/N)NC(S)NCCCCCCS(=O)ON1CCCCC1. The predicted molar refractivity (Wildman–Crippen MR) is 114 cm³/mol. The Morgan fingerprint density at radius 3 is 2.69 bits per heavy atom. The number of nitrogens with two attached hydrogens (primary N) is 1. The van der Waals surface area contributed by atoms with Gasteiger partial charge in [-0.15, -0.1) is 12.6 Å². The third-order valence-electron chi connectivity index (χ3n) is 4.08. The number of piperidine rings is 1. The Hall–Kier alpha value is -0.540. The molecule has 152 valence electrons. The van der Waals surface area contributed by atoms with E-state index in [4.69, 9.17) is 10.0 Å². The molecule has 0 aromatic rings. The second-order valence-electron chi connectivity index (χ2n) is 6.41. The number of allylic oxidation sites excluding steroid dienone is 2. The highest BCUT2D eigenvalue weighted by atomic mass is 32.2. The quantitative estimate of drug-likeness (QED) is 0.154. The van der Waals surface area contributed by atoms with E-state index in [1.165, 1.54) is 12.6 Å². The molecule has 1 fully saturated rings. The van der Waals surface area contributed by atoms with Crippen molar-refractivity contribution in [2.75, 3.05) is 25.4 Å². The summed E-state index contributed by atoms with van der Waals surface area (Å²) < 4.78 is 17.4. The molecule has 0 spiro atoms. The summed E-state index contributed by atoms with van der Waals surface area (Å²) >= 11 is 3.31. The fourth-order valence-electron chi connectivity index (χ4n) is 2.74. The van der Waals surface area contributed by atoms with Gasteiger partial charge in [0.15, 0.2) is 11.1 Å². The summed E-state index contributed by atoms with van der Waals surface area (Å²) in [6.07, 6.45) is 14.1. The van der Waals surface area contributed by atoms with E-state index in [1.807, 2.05) is 11.1 Å². The zero-order valence-corrected chi connectivity index (χ0v) is 17.7. The third-order valence-corrected chi connectivity index (χ3v) is 5.39. The van der Waals surface area contributed by atoms with Crippen LogP contribution in [0.1, 0.15) is 58.3 Å². The highest BCUT2D eigenvalue weighted by molar-refractivity contribution is 7.80. The van der Waals surface area contributed by atoms with Crippen molar-refractivity contribution in [2.45, 2.75) is 63.8 Å². The highest BCUT2D eigenvalue weighted by Crippen LogP contribution is 2.11. The molecule has 1 aliphatic heterocycles. The number of nitrogens with one attached hydrogen (secondary N) is 2. The summed E-state index contributed by atoms with van der Waals surface area (Å²) in [6, 6.07) is 0. The van der Waals surface area contributed by atoms with Crippen molar-refractivity contribution in [1.82, 2.24) is 15.7 Å². The molecule has 0 aromatic carbocycles. The Kier molecular flexibility index (Phi) is 14.0. The van der Waals surface area contributed by atoms with Crippen LogP contribution in [0.2, 0.25) is 0 Å². The normalized spacial score (nSPS) is 18.9. The number of nitrogens with zero attached hydrogens (tertiary/aromatic N) is 1. The van der Waals surface area contributed by atoms with Gasteiger partial charge >= 0.3 is 0 Å². The van der Waals surface area contributed by atoms with Crippen LogP contribution < -0.4 is 16.4 Å². The lowest BCUT2D eigenvalue weighted by atomic mass is 10.2. The minimum atomic E-state index is -1.18. The molecule has 2 atom stereocenters. The van der Waals surface area contributed by atoms with Crippen LogP contribution in [0.25, 0.3) is 0 Å². The first kappa shape index (κ1) is 23.5. The maximum Gasteiger partial charge on any atom is 0.173 e. The Morgan fingerprint density at radius 1 is 1.27 bits per heavy atom. The number of rotatable bonds is 14. The van der Waals surface area contributed by atoms with E-state index in [0.29, 0.717) is 5.75 Å². The summed E-state index contributed by atoms with van der Waals surface area (Å²) in [7, 11) is 0. The van der Waals surface area contributed by atoms with Gasteiger partial charge in [0.1, 0.15) is 5.50 Å². The lowest BCUT2D eigenvalue weighted by Crippen LogP contribution is -2.37. The van der Waals surface area contributed by atoms with Crippen LogP contribution in [-0.4, -0.2) is 40.2 Å². The summed E-state index contributed by atoms with van der Waals surface area (Å²) in [5.74, 6) is 0.622. The largest absolute Gasteiger partial charge is 0.405 e. The van der Waals surface area contributed by atoms with Gasteiger partial charge in [0.2, 0.25) is 0 Å². The summed E-state index contributed by atoms with van der Waals surface area (Å²) in [6.45, 7) is 4.79. The van der Waals surface area contributed by atoms with Crippen molar-refractivity contribution >= 4 is 23.7 Å². The van der Waals surface area contributed by atoms with Gasteiger partial charge in [-0.05, 0) is 50.9 Å². The molecule has 0 saturated carbocycles. The van der Waals surface area contributed by atoms with E-state index >= 15 is 0 Å². The van der Waals surface area contributed by atoms with E-state index in [1.54, 1.807) is 0 Å². The Morgan fingerprint density at radius 2 is 2.00 bits per heavy atom. The van der Waals surface area contributed by atoms with Crippen LogP contribution in [0.4, 0.5) is 0 Å². The number of hydrogen-bond acceptors (Lipinski definition) is 7. The van der Waals surface area contributed by atoms with Gasteiger partial charge in [-0.25, -0.2) is 4.21 Å². The van der Waals surface area contributed by atoms with Crippen molar-refractivity contribution in [2.24, 2.45) is 5.73 Å². The zero-order valence-electron chi connectivity index (χ0n) is 16.0. The van der Waals surface area contributed by atoms with Crippen LogP contribution in [0, 0.1) is 0 Å². The average Bonchev–Trinajstić information content (AvgIpc) is 2.62. The third kappa shape index (κ3) is 12.0. The lowest BCUT2D eigenvalue weighted by Gasteiger charge is -2.24. The number of hydrogen-bond donors (Lipinski definition) is 4. The molecule has 2 unspecified atom stereocenters. The summed E-state index contributed by atoms with van der Waals surface area (Å²) in [5, 5.41) is 8.46. The van der Waals surface area contributed by atoms with E-state index in [0.717, 1.165) is 70.3 Å². The van der Waals surface area contributed by atoms with E-state index in [9.17, 15) is 4.21 Å². The first-order valence-electron chi connectivity index (χ1n) is 9.74. The van der Waals surface area contributed by atoms with Gasteiger partial charge in [-0.3, -0.25) is 5.32 Å². The van der Waals surface area contributed by atoms with Gasteiger partial charge in [0.05, 0.1) is 5.75 Å². The average molecular weight is 405 g/mol. The van der Waals surface area contributed by atoms with Crippen molar-refractivity contribution in [3.05, 3.63) is 24.0 Å². The van der Waals surface area contributed by atoms with Crippen molar-refractivity contribution in [1.29, 1.82) is 0 Å². The molecular weight excluding hydrogens is 368 g/mol. The predicted octanol–water partition coefficient (Wildman–Crippen LogP) is 2.79. The topological polar surface area (TPSA) is 79.6 Å². The molecule has 4 N–H and O–H groups in total. The van der Waals surface area contributed by atoms with Crippen molar-refractivity contribution in [3.8, 4) is 0 Å². The van der Waals surface area contributed by atoms with Crippen LogP contribution in [0.15, 0.2) is 24.0 Å². The number of hydroxylamine groups is 2. The molecule has 8 heteroatoms. The molecule has 0 bridgehead atoms. The smallest absolute Gasteiger partial charge is 0.173 e. The molecule has 0 aromatic heterocycles. The molecule has 0 aliphatic carbocycles. The second kappa shape index (κ2) is 15.5. The van der Waals surface area contributed by atoms with E-state index < -0.39 is 11.1 Å².